The summed E-state index contributed by atoms with van der Waals surface area (Å²) >= 11 is 0. The molecule has 0 aromatic heterocycles. The van der Waals surface area contributed by atoms with Crippen LogP contribution in [0.5, 0.6) is 11.5 Å². The molecule has 0 N–H and O–H groups in total. The van der Waals surface area contributed by atoms with E-state index < -0.39 is 0 Å². The summed E-state index contributed by atoms with van der Waals surface area (Å²) in [6, 6.07) is 52.7. The lowest BCUT2D eigenvalue weighted by atomic mass is 9.68. The van der Waals surface area contributed by atoms with E-state index >= 15 is 0 Å². The van der Waals surface area contributed by atoms with Gasteiger partial charge in [0.2, 0.25) is 0 Å². The van der Waals surface area contributed by atoms with E-state index in [1.165, 1.54) is 55.6 Å². The molecule has 2 unspecified atom stereocenters. The lowest BCUT2D eigenvalue weighted by Crippen LogP contribution is -2.29. The standard InChI is InChI=1S/C40H30O/c1-39(28-14-5-3-6-15-28)34-22-11-12-23-36(34)41-37-26-27(24-25-35(37)39)30-19-13-20-32-31-18-9-10-21-33(31)40(2,38(30)32)29-16-7-4-8-17-29/h3-26H,1-2H3. The Labute approximate surface area is 241 Å². The van der Waals surface area contributed by atoms with Gasteiger partial charge < -0.3 is 4.74 Å². The molecule has 0 spiro atoms. The molecule has 0 radical (unpaired) electrons. The summed E-state index contributed by atoms with van der Waals surface area (Å²) in [6.45, 7) is 4.71. The Morgan fingerprint density at radius 3 is 1.73 bits per heavy atom. The first-order valence-electron chi connectivity index (χ1n) is 14.4. The topological polar surface area (TPSA) is 9.23 Å². The third kappa shape index (κ3) is 3.30. The molecule has 1 aliphatic carbocycles. The Balaban J connectivity index is 1.36. The maximum atomic E-state index is 6.67. The van der Waals surface area contributed by atoms with Crippen LogP contribution in [0.25, 0.3) is 22.3 Å². The second kappa shape index (κ2) is 8.81. The van der Waals surface area contributed by atoms with Gasteiger partial charge in [0.25, 0.3) is 0 Å². The first-order valence-corrected chi connectivity index (χ1v) is 14.4. The van der Waals surface area contributed by atoms with E-state index in [0.29, 0.717) is 0 Å². The molecule has 6 aromatic rings. The fourth-order valence-corrected chi connectivity index (χ4v) is 7.42. The van der Waals surface area contributed by atoms with Crippen molar-refractivity contribution in [2.24, 2.45) is 0 Å². The lowest BCUT2D eigenvalue weighted by molar-refractivity contribution is 0.427. The van der Waals surface area contributed by atoms with Crippen molar-refractivity contribution in [3.8, 4) is 33.8 Å². The van der Waals surface area contributed by atoms with E-state index in [-0.39, 0.29) is 10.8 Å². The minimum atomic E-state index is -0.322. The molecular weight excluding hydrogens is 496 g/mol. The van der Waals surface area contributed by atoms with Crippen LogP contribution in [0.4, 0.5) is 0 Å². The Morgan fingerprint density at radius 1 is 0.415 bits per heavy atom. The number of hydrogen-bond acceptors (Lipinski definition) is 1. The molecule has 0 amide bonds. The summed E-state index contributed by atoms with van der Waals surface area (Å²) < 4.78 is 6.67. The van der Waals surface area contributed by atoms with Gasteiger partial charge in [-0.15, -0.1) is 0 Å². The van der Waals surface area contributed by atoms with E-state index in [0.717, 1.165) is 11.5 Å². The number of para-hydroxylation sites is 1. The van der Waals surface area contributed by atoms with Crippen molar-refractivity contribution in [2.75, 3.05) is 0 Å². The van der Waals surface area contributed by atoms with Gasteiger partial charge in [-0.2, -0.15) is 0 Å². The van der Waals surface area contributed by atoms with Gasteiger partial charge in [-0.25, -0.2) is 0 Å². The normalized spacial score (nSPS) is 19.9. The quantitative estimate of drug-likeness (QED) is 0.223. The zero-order valence-electron chi connectivity index (χ0n) is 23.3. The number of fused-ring (bicyclic) bond motifs is 5. The van der Waals surface area contributed by atoms with Gasteiger partial charge in [0, 0.05) is 22.0 Å². The molecule has 1 heterocycles. The second-order valence-corrected chi connectivity index (χ2v) is 11.6. The van der Waals surface area contributed by atoms with Gasteiger partial charge in [0.1, 0.15) is 11.5 Å². The minimum Gasteiger partial charge on any atom is -0.457 e. The maximum absolute atomic E-state index is 6.67. The highest BCUT2D eigenvalue weighted by molar-refractivity contribution is 5.90. The molecular formula is C40H30O. The fraction of sp³-hybridized carbons (Fsp3) is 0.100. The number of ether oxygens (including phenoxy) is 1. The van der Waals surface area contributed by atoms with Crippen molar-refractivity contribution < 1.29 is 4.74 Å². The average Bonchev–Trinajstić information content (AvgIpc) is 3.31. The minimum absolute atomic E-state index is 0.272. The molecule has 1 heteroatoms. The van der Waals surface area contributed by atoms with Crippen molar-refractivity contribution in [3.05, 3.63) is 179 Å². The molecule has 196 valence electrons. The Morgan fingerprint density at radius 2 is 0.976 bits per heavy atom. The van der Waals surface area contributed by atoms with E-state index in [4.69, 9.17) is 4.74 Å². The average molecular weight is 527 g/mol. The zero-order chi connectivity index (χ0) is 27.6. The van der Waals surface area contributed by atoms with Crippen molar-refractivity contribution in [1.29, 1.82) is 0 Å². The summed E-state index contributed by atoms with van der Waals surface area (Å²) in [6.07, 6.45) is 0. The molecule has 0 saturated carbocycles. The molecule has 8 rings (SSSR count). The molecule has 1 nitrogen and oxygen atoms in total. The van der Waals surface area contributed by atoms with E-state index in [1.54, 1.807) is 0 Å². The number of rotatable bonds is 3. The van der Waals surface area contributed by atoms with E-state index in [9.17, 15) is 0 Å². The summed E-state index contributed by atoms with van der Waals surface area (Å²) in [5.74, 6) is 1.84. The molecule has 0 fully saturated rings. The number of benzene rings is 6. The first-order chi connectivity index (χ1) is 20.1. The lowest BCUT2D eigenvalue weighted by Gasteiger charge is -2.38. The van der Waals surface area contributed by atoms with Crippen LogP contribution in [0.2, 0.25) is 0 Å². The number of hydrogen-bond donors (Lipinski definition) is 0. The van der Waals surface area contributed by atoms with Crippen LogP contribution in [0.1, 0.15) is 47.2 Å². The Bertz CT molecular complexity index is 1940. The fourth-order valence-electron chi connectivity index (χ4n) is 7.42. The maximum Gasteiger partial charge on any atom is 0.132 e. The third-order valence-corrected chi connectivity index (χ3v) is 9.50. The molecule has 2 aliphatic rings. The van der Waals surface area contributed by atoms with Crippen LogP contribution in [-0.4, -0.2) is 0 Å². The predicted octanol–water partition coefficient (Wildman–Crippen LogP) is 10.1. The van der Waals surface area contributed by atoms with Gasteiger partial charge in [0.05, 0.1) is 0 Å². The molecule has 2 atom stereocenters. The predicted molar refractivity (Wildman–Crippen MR) is 168 cm³/mol. The van der Waals surface area contributed by atoms with Crippen LogP contribution < -0.4 is 4.74 Å². The van der Waals surface area contributed by atoms with Crippen LogP contribution in [0.15, 0.2) is 146 Å². The van der Waals surface area contributed by atoms with E-state index in [2.05, 4.69) is 159 Å². The largest absolute Gasteiger partial charge is 0.457 e. The van der Waals surface area contributed by atoms with Gasteiger partial charge in [0.15, 0.2) is 0 Å². The van der Waals surface area contributed by atoms with Crippen LogP contribution in [-0.2, 0) is 10.8 Å². The summed E-state index contributed by atoms with van der Waals surface area (Å²) in [5, 5.41) is 0. The molecule has 6 aromatic carbocycles. The first kappa shape index (κ1) is 24.0. The molecule has 0 saturated heterocycles. The van der Waals surface area contributed by atoms with Crippen molar-refractivity contribution in [2.45, 2.75) is 24.7 Å². The van der Waals surface area contributed by atoms with Crippen molar-refractivity contribution in [3.63, 3.8) is 0 Å². The second-order valence-electron chi connectivity index (χ2n) is 11.6. The smallest absolute Gasteiger partial charge is 0.132 e. The highest BCUT2D eigenvalue weighted by atomic mass is 16.5. The third-order valence-electron chi connectivity index (χ3n) is 9.50. The van der Waals surface area contributed by atoms with E-state index in [1.807, 2.05) is 0 Å². The van der Waals surface area contributed by atoms with Crippen LogP contribution >= 0.6 is 0 Å². The molecule has 41 heavy (non-hydrogen) atoms. The summed E-state index contributed by atoms with van der Waals surface area (Å²) in [7, 11) is 0. The molecule has 1 aliphatic heterocycles. The van der Waals surface area contributed by atoms with Gasteiger partial charge >= 0.3 is 0 Å². The van der Waals surface area contributed by atoms with Crippen molar-refractivity contribution in [1.82, 2.24) is 0 Å². The van der Waals surface area contributed by atoms with Gasteiger partial charge in [-0.1, -0.05) is 133 Å². The monoisotopic (exact) mass is 526 g/mol. The summed E-state index contributed by atoms with van der Waals surface area (Å²) in [5.41, 5.74) is 12.1. The SMILES string of the molecule is CC1(c2ccccc2)c2ccccc2Oc2cc(-c3cccc4c3C(C)(c3ccccc3)c3ccccc3-4)ccc21. The Hall–Kier alpha value is -4.88. The summed E-state index contributed by atoms with van der Waals surface area (Å²) in [4.78, 5) is 0. The Kier molecular flexibility index (Phi) is 5.15. The van der Waals surface area contributed by atoms with Gasteiger partial charge in [-0.05, 0) is 70.5 Å². The molecule has 0 bridgehead atoms. The van der Waals surface area contributed by atoms with Crippen LogP contribution in [0, 0.1) is 0 Å². The van der Waals surface area contributed by atoms with Crippen molar-refractivity contribution >= 4 is 0 Å². The zero-order valence-corrected chi connectivity index (χ0v) is 23.3. The highest BCUT2D eigenvalue weighted by Gasteiger charge is 2.43. The van der Waals surface area contributed by atoms with Crippen LogP contribution in [0.3, 0.4) is 0 Å². The highest BCUT2D eigenvalue weighted by Crippen LogP contribution is 2.57. The van der Waals surface area contributed by atoms with Gasteiger partial charge in [-0.3, -0.25) is 0 Å².